The zero-order valence-corrected chi connectivity index (χ0v) is 25.4. The average molecular weight is 602 g/mol. The SMILES string of the molecule is CCOC(=O)c1c(Nc2ncnc3scc(-c4ccc(C(C)C)cc4)c23)sc(C(=O)OCCOc2ccccc2)c1C. The van der Waals surface area contributed by atoms with Crippen molar-refractivity contribution < 1.29 is 23.8 Å². The Bertz CT molecular complexity index is 1690. The second-order valence-electron chi connectivity index (χ2n) is 9.73. The van der Waals surface area contributed by atoms with Gasteiger partial charge in [-0.05, 0) is 48.6 Å². The Morgan fingerprint density at radius 2 is 1.71 bits per heavy atom. The van der Waals surface area contributed by atoms with Gasteiger partial charge in [-0.1, -0.05) is 56.3 Å². The molecule has 0 fully saturated rings. The number of nitrogens with zero attached hydrogens (tertiary/aromatic N) is 2. The molecule has 0 radical (unpaired) electrons. The molecule has 0 amide bonds. The summed E-state index contributed by atoms with van der Waals surface area (Å²) in [6.07, 6.45) is 1.49. The van der Waals surface area contributed by atoms with E-state index in [0.29, 0.717) is 32.9 Å². The van der Waals surface area contributed by atoms with E-state index in [-0.39, 0.29) is 25.4 Å². The van der Waals surface area contributed by atoms with Gasteiger partial charge in [0.25, 0.3) is 0 Å². The monoisotopic (exact) mass is 601 g/mol. The topological polar surface area (TPSA) is 99.6 Å². The van der Waals surface area contributed by atoms with Gasteiger partial charge in [0.15, 0.2) is 0 Å². The summed E-state index contributed by atoms with van der Waals surface area (Å²) in [4.78, 5) is 36.3. The first-order valence-electron chi connectivity index (χ1n) is 13.6. The molecule has 10 heteroatoms. The molecule has 2 aromatic carbocycles. The summed E-state index contributed by atoms with van der Waals surface area (Å²) in [5, 5.41) is 6.67. The van der Waals surface area contributed by atoms with E-state index >= 15 is 0 Å². The standard InChI is InChI=1S/C32H31N3O5S2/c1-5-38-31(36)25-20(4)27(32(37)40-16-15-39-23-9-7-6-8-10-23)42-30(25)35-28-26-24(17-41-29(26)34-18-33-28)22-13-11-21(12-14-22)19(2)3/h6-14,17-19H,5,15-16H2,1-4H3,(H,33,34,35). The number of aromatic nitrogens is 2. The first-order valence-corrected chi connectivity index (χ1v) is 15.3. The van der Waals surface area contributed by atoms with Crippen LogP contribution < -0.4 is 10.1 Å². The van der Waals surface area contributed by atoms with Crippen LogP contribution in [0.2, 0.25) is 0 Å². The van der Waals surface area contributed by atoms with Crippen LogP contribution in [0.25, 0.3) is 21.3 Å². The average Bonchev–Trinajstić information content (AvgIpc) is 3.57. The van der Waals surface area contributed by atoms with Crippen LogP contribution in [0.15, 0.2) is 66.3 Å². The lowest BCUT2D eigenvalue weighted by Crippen LogP contribution is -2.13. The quantitative estimate of drug-likeness (QED) is 0.120. The maximum atomic E-state index is 13.1. The molecule has 3 heterocycles. The Morgan fingerprint density at radius 1 is 0.952 bits per heavy atom. The van der Waals surface area contributed by atoms with Crippen LogP contribution in [0.3, 0.4) is 0 Å². The first kappa shape index (κ1) is 29.2. The molecule has 0 aliphatic heterocycles. The molecule has 0 aliphatic rings. The van der Waals surface area contributed by atoms with Gasteiger partial charge in [-0.25, -0.2) is 19.6 Å². The lowest BCUT2D eigenvalue weighted by Gasteiger charge is -2.10. The van der Waals surface area contributed by atoms with Crippen LogP contribution >= 0.6 is 22.7 Å². The third-order valence-corrected chi connectivity index (χ3v) is 8.70. The van der Waals surface area contributed by atoms with Crippen molar-refractivity contribution in [2.24, 2.45) is 0 Å². The largest absolute Gasteiger partial charge is 0.490 e. The third kappa shape index (κ3) is 6.29. The molecule has 0 saturated carbocycles. The zero-order valence-electron chi connectivity index (χ0n) is 23.8. The maximum absolute atomic E-state index is 13.1. The Balaban J connectivity index is 1.43. The highest BCUT2D eigenvalue weighted by molar-refractivity contribution is 7.18. The highest BCUT2D eigenvalue weighted by Crippen LogP contribution is 2.41. The van der Waals surface area contributed by atoms with E-state index in [9.17, 15) is 9.59 Å². The molecule has 5 aromatic rings. The van der Waals surface area contributed by atoms with Crippen molar-refractivity contribution in [3.63, 3.8) is 0 Å². The molecule has 0 spiro atoms. The van der Waals surface area contributed by atoms with E-state index in [0.717, 1.165) is 32.7 Å². The molecule has 0 bridgehead atoms. The Hall–Kier alpha value is -4.28. The van der Waals surface area contributed by atoms with Crippen LogP contribution in [0, 0.1) is 6.92 Å². The zero-order chi connectivity index (χ0) is 29.6. The predicted octanol–water partition coefficient (Wildman–Crippen LogP) is 8.01. The van der Waals surface area contributed by atoms with Crippen molar-refractivity contribution in [2.75, 3.05) is 25.1 Å². The van der Waals surface area contributed by atoms with Crippen LogP contribution in [-0.4, -0.2) is 41.7 Å². The number of para-hydroxylation sites is 1. The van der Waals surface area contributed by atoms with E-state index in [1.807, 2.05) is 30.3 Å². The summed E-state index contributed by atoms with van der Waals surface area (Å²) >= 11 is 2.65. The van der Waals surface area contributed by atoms with Gasteiger partial charge >= 0.3 is 11.9 Å². The van der Waals surface area contributed by atoms with Gasteiger partial charge in [-0.2, -0.15) is 0 Å². The minimum Gasteiger partial charge on any atom is -0.490 e. The normalized spacial score (nSPS) is 11.1. The summed E-state index contributed by atoms with van der Waals surface area (Å²) in [5.41, 5.74) is 4.04. The molecule has 0 atom stereocenters. The van der Waals surface area contributed by atoms with Crippen LogP contribution in [0.4, 0.5) is 10.8 Å². The number of rotatable bonds is 11. The first-order chi connectivity index (χ1) is 20.4. The Labute approximate surface area is 252 Å². The second kappa shape index (κ2) is 13.1. The van der Waals surface area contributed by atoms with Crippen molar-refractivity contribution in [1.29, 1.82) is 0 Å². The molecule has 0 unspecified atom stereocenters. The molecule has 3 aromatic heterocycles. The fraction of sp³-hybridized carbons (Fsp3) is 0.250. The molecule has 0 aliphatic carbocycles. The number of ether oxygens (including phenoxy) is 3. The van der Waals surface area contributed by atoms with Crippen molar-refractivity contribution in [2.45, 2.75) is 33.6 Å². The van der Waals surface area contributed by atoms with Gasteiger partial charge in [-0.15, -0.1) is 22.7 Å². The smallest absolute Gasteiger partial charge is 0.348 e. The molecule has 216 valence electrons. The number of carbonyl (C=O) groups excluding carboxylic acids is 2. The van der Waals surface area contributed by atoms with Crippen molar-refractivity contribution in [3.8, 4) is 16.9 Å². The number of carbonyl (C=O) groups is 2. The van der Waals surface area contributed by atoms with Gasteiger partial charge in [0.05, 0.1) is 17.6 Å². The number of anilines is 2. The number of esters is 2. The number of hydrogen-bond acceptors (Lipinski definition) is 10. The van der Waals surface area contributed by atoms with Crippen molar-refractivity contribution in [1.82, 2.24) is 9.97 Å². The van der Waals surface area contributed by atoms with Crippen LogP contribution in [0.5, 0.6) is 5.75 Å². The van der Waals surface area contributed by atoms with Gasteiger partial charge in [-0.3, -0.25) is 0 Å². The summed E-state index contributed by atoms with van der Waals surface area (Å²) in [6.45, 7) is 8.24. The van der Waals surface area contributed by atoms with Crippen LogP contribution in [0.1, 0.15) is 57.8 Å². The fourth-order valence-corrected chi connectivity index (χ4v) is 6.46. The van der Waals surface area contributed by atoms with Crippen molar-refractivity contribution >= 4 is 55.6 Å². The van der Waals surface area contributed by atoms with E-state index in [1.54, 1.807) is 13.8 Å². The number of fused-ring (bicyclic) bond motifs is 1. The molecular formula is C32H31N3O5S2. The third-order valence-electron chi connectivity index (χ3n) is 6.63. The molecule has 42 heavy (non-hydrogen) atoms. The van der Waals surface area contributed by atoms with Gasteiger partial charge in [0.2, 0.25) is 0 Å². The fourth-order valence-electron chi connectivity index (χ4n) is 4.46. The summed E-state index contributed by atoms with van der Waals surface area (Å²) < 4.78 is 16.5. The van der Waals surface area contributed by atoms with Gasteiger partial charge in [0.1, 0.15) is 45.8 Å². The van der Waals surface area contributed by atoms with Gasteiger partial charge < -0.3 is 19.5 Å². The molecule has 8 nitrogen and oxygen atoms in total. The summed E-state index contributed by atoms with van der Waals surface area (Å²) in [6, 6.07) is 17.8. The predicted molar refractivity (Wildman–Crippen MR) is 167 cm³/mol. The van der Waals surface area contributed by atoms with E-state index in [2.05, 4.69) is 58.8 Å². The summed E-state index contributed by atoms with van der Waals surface area (Å²) in [5.74, 6) is 0.589. The lowest BCUT2D eigenvalue weighted by molar-refractivity contribution is 0.0455. The summed E-state index contributed by atoms with van der Waals surface area (Å²) in [7, 11) is 0. The number of thiophene rings is 2. The maximum Gasteiger partial charge on any atom is 0.348 e. The van der Waals surface area contributed by atoms with E-state index in [1.165, 1.54) is 23.2 Å². The van der Waals surface area contributed by atoms with Gasteiger partial charge in [0, 0.05) is 10.9 Å². The minimum atomic E-state index is -0.540. The van der Waals surface area contributed by atoms with Crippen LogP contribution in [-0.2, 0) is 9.47 Å². The molecule has 0 saturated heterocycles. The minimum absolute atomic E-state index is 0.0585. The lowest BCUT2D eigenvalue weighted by atomic mass is 9.99. The van der Waals surface area contributed by atoms with E-state index < -0.39 is 11.9 Å². The Morgan fingerprint density at radius 3 is 2.43 bits per heavy atom. The van der Waals surface area contributed by atoms with Crippen molar-refractivity contribution in [3.05, 3.63) is 87.9 Å². The molecule has 1 N–H and O–H groups in total. The Kier molecular flexibility index (Phi) is 9.14. The number of benzene rings is 2. The molecular weight excluding hydrogens is 571 g/mol. The molecule has 5 rings (SSSR count). The highest BCUT2D eigenvalue weighted by Gasteiger charge is 2.27. The second-order valence-corrected chi connectivity index (χ2v) is 11.6. The number of nitrogens with one attached hydrogen (secondary N) is 1. The number of hydrogen-bond donors (Lipinski definition) is 1. The highest BCUT2D eigenvalue weighted by atomic mass is 32.1. The van der Waals surface area contributed by atoms with E-state index in [4.69, 9.17) is 14.2 Å².